The Kier molecular flexibility index (Phi) is 3.40. The van der Waals surface area contributed by atoms with Crippen molar-refractivity contribution < 1.29 is 4.92 Å². The summed E-state index contributed by atoms with van der Waals surface area (Å²) < 4.78 is 0. The predicted octanol–water partition coefficient (Wildman–Crippen LogP) is 1.85. The molecule has 9 heteroatoms. The van der Waals surface area contributed by atoms with Gasteiger partial charge in [0.2, 0.25) is 0 Å². The Balaban J connectivity index is 1.75. The van der Waals surface area contributed by atoms with Crippen LogP contribution in [0.25, 0.3) is 11.2 Å². The molecule has 0 aliphatic heterocycles. The lowest BCUT2D eigenvalue weighted by molar-refractivity contribution is -0.384. The van der Waals surface area contributed by atoms with E-state index < -0.39 is 4.92 Å². The molecule has 0 fully saturated rings. The zero-order valence-corrected chi connectivity index (χ0v) is 11.4. The number of imidazole rings is 1. The Labute approximate surface area is 121 Å². The standard InChI is InChI=1S/C12H9N5O3S/c18-11-9-10(13-6-14-11)16-12(15-9)21-5-7-1-3-8(4-2-7)17(19)20/h1-4,6H,5H2,(H2,13,14,15,16,18). The largest absolute Gasteiger partial charge is 0.327 e. The number of aromatic amines is 2. The molecule has 8 nitrogen and oxygen atoms in total. The van der Waals surface area contributed by atoms with Gasteiger partial charge in [-0.05, 0) is 5.56 Å². The molecule has 2 N–H and O–H groups in total. The van der Waals surface area contributed by atoms with Crippen molar-refractivity contribution >= 4 is 28.6 Å². The van der Waals surface area contributed by atoms with Crippen LogP contribution in [0.5, 0.6) is 0 Å². The van der Waals surface area contributed by atoms with Gasteiger partial charge < -0.3 is 9.97 Å². The zero-order valence-electron chi connectivity index (χ0n) is 10.6. The molecule has 0 bridgehead atoms. The second-order valence-electron chi connectivity index (χ2n) is 4.18. The van der Waals surface area contributed by atoms with Crippen LogP contribution in [0.4, 0.5) is 5.69 Å². The molecule has 1 aromatic carbocycles. The molecule has 0 unspecified atom stereocenters. The second kappa shape index (κ2) is 5.37. The summed E-state index contributed by atoms with van der Waals surface area (Å²) in [6.45, 7) is 0. The third-order valence-electron chi connectivity index (χ3n) is 2.80. The number of nitrogens with zero attached hydrogens (tertiary/aromatic N) is 3. The number of nitro benzene ring substituents is 1. The number of nitro groups is 1. The monoisotopic (exact) mass is 303 g/mol. The molecule has 3 rings (SSSR count). The van der Waals surface area contributed by atoms with Gasteiger partial charge in [-0.15, -0.1) is 0 Å². The average molecular weight is 303 g/mol. The minimum Gasteiger partial charge on any atom is -0.327 e. The molecular weight excluding hydrogens is 294 g/mol. The number of hydrogen-bond acceptors (Lipinski definition) is 6. The third kappa shape index (κ3) is 2.77. The van der Waals surface area contributed by atoms with Crippen LogP contribution in [-0.2, 0) is 5.75 Å². The molecule has 0 radical (unpaired) electrons. The number of hydrogen-bond donors (Lipinski definition) is 2. The average Bonchev–Trinajstić information content (AvgIpc) is 2.90. The Morgan fingerprint density at radius 3 is 2.71 bits per heavy atom. The van der Waals surface area contributed by atoms with Crippen molar-refractivity contribution in [2.24, 2.45) is 0 Å². The van der Waals surface area contributed by atoms with Crippen molar-refractivity contribution in [3.8, 4) is 0 Å². The van der Waals surface area contributed by atoms with Crippen LogP contribution in [0.3, 0.4) is 0 Å². The van der Waals surface area contributed by atoms with Gasteiger partial charge in [-0.25, -0.2) is 9.97 Å². The van der Waals surface area contributed by atoms with Crippen molar-refractivity contribution in [2.45, 2.75) is 10.9 Å². The van der Waals surface area contributed by atoms with Gasteiger partial charge in [-0.1, -0.05) is 23.9 Å². The Morgan fingerprint density at radius 2 is 2.05 bits per heavy atom. The van der Waals surface area contributed by atoms with Gasteiger partial charge in [0, 0.05) is 17.9 Å². The van der Waals surface area contributed by atoms with Crippen molar-refractivity contribution in [2.75, 3.05) is 0 Å². The van der Waals surface area contributed by atoms with Gasteiger partial charge in [0.1, 0.15) is 0 Å². The molecule has 0 aliphatic rings. The first-order chi connectivity index (χ1) is 10.1. The molecule has 0 spiro atoms. The lowest BCUT2D eigenvalue weighted by Crippen LogP contribution is -2.05. The topological polar surface area (TPSA) is 118 Å². The van der Waals surface area contributed by atoms with E-state index in [4.69, 9.17) is 0 Å². The van der Waals surface area contributed by atoms with Crippen LogP contribution in [0, 0.1) is 10.1 Å². The first-order valence-electron chi connectivity index (χ1n) is 5.93. The molecule has 0 saturated carbocycles. The minimum atomic E-state index is -0.436. The maximum Gasteiger partial charge on any atom is 0.276 e. The van der Waals surface area contributed by atoms with E-state index in [9.17, 15) is 14.9 Å². The van der Waals surface area contributed by atoms with E-state index in [1.54, 1.807) is 12.1 Å². The van der Waals surface area contributed by atoms with Crippen molar-refractivity contribution in [3.05, 3.63) is 56.6 Å². The smallest absolute Gasteiger partial charge is 0.276 e. The molecule has 3 aromatic rings. The first kappa shape index (κ1) is 13.3. The lowest BCUT2D eigenvalue weighted by Gasteiger charge is -1.98. The third-order valence-corrected chi connectivity index (χ3v) is 3.74. The summed E-state index contributed by atoms with van der Waals surface area (Å²) in [6.07, 6.45) is 1.30. The number of rotatable bonds is 4. The number of nitrogens with one attached hydrogen (secondary N) is 2. The summed E-state index contributed by atoms with van der Waals surface area (Å²) >= 11 is 1.39. The van der Waals surface area contributed by atoms with Gasteiger partial charge >= 0.3 is 0 Å². The SMILES string of the molecule is O=c1[nH]cnc2nc(SCc3ccc([N+](=O)[O-])cc3)[nH]c12. The van der Waals surface area contributed by atoms with Gasteiger partial charge in [0.05, 0.1) is 11.3 Å². The van der Waals surface area contributed by atoms with Crippen molar-refractivity contribution in [1.82, 2.24) is 19.9 Å². The number of fused-ring (bicyclic) bond motifs is 1. The Hall–Kier alpha value is -2.68. The molecular formula is C12H9N5O3S. The molecule has 2 heterocycles. The van der Waals surface area contributed by atoms with Crippen LogP contribution >= 0.6 is 11.8 Å². The van der Waals surface area contributed by atoms with Crippen LogP contribution in [0.15, 0.2) is 40.5 Å². The summed E-state index contributed by atoms with van der Waals surface area (Å²) in [6, 6.07) is 6.30. The van der Waals surface area contributed by atoms with Gasteiger partial charge in [0.25, 0.3) is 11.2 Å². The summed E-state index contributed by atoms with van der Waals surface area (Å²) in [5, 5.41) is 11.1. The van der Waals surface area contributed by atoms with Crippen LogP contribution < -0.4 is 5.56 Å². The van der Waals surface area contributed by atoms with Gasteiger partial charge in [-0.2, -0.15) is 0 Å². The second-order valence-corrected chi connectivity index (χ2v) is 5.15. The fraction of sp³-hybridized carbons (Fsp3) is 0.0833. The summed E-state index contributed by atoms with van der Waals surface area (Å²) in [4.78, 5) is 35.2. The van der Waals surface area contributed by atoms with E-state index in [1.165, 1.54) is 30.2 Å². The van der Waals surface area contributed by atoms with E-state index in [-0.39, 0.29) is 11.2 Å². The fourth-order valence-electron chi connectivity index (χ4n) is 1.75. The van der Waals surface area contributed by atoms with Gasteiger partial charge in [-0.3, -0.25) is 14.9 Å². The fourth-order valence-corrected chi connectivity index (χ4v) is 2.57. The highest BCUT2D eigenvalue weighted by atomic mass is 32.2. The Bertz CT molecular complexity index is 855. The molecule has 2 aromatic heterocycles. The molecule has 106 valence electrons. The molecule has 0 amide bonds. The normalized spacial score (nSPS) is 10.9. The number of benzene rings is 1. The minimum absolute atomic E-state index is 0.0585. The Morgan fingerprint density at radius 1 is 1.29 bits per heavy atom. The summed E-state index contributed by atoms with van der Waals surface area (Å²) in [5.74, 6) is 0.579. The van der Waals surface area contributed by atoms with Crippen molar-refractivity contribution in [1.29, 1.82) is 0 Å². The van der Waals surface area contributed by atoms with E-state index in [0.29, 0.717) is 22.1 Å². The van der Waals surface area contributed by atoms with Crippen LogP contribution in [0.2, 0.25) is 0 Å². The lowest BCUT2D eigenvalue weighted by atomic mass is 10.2. The van der Waals surface area contributed by atoms with Gasteiger partial charge in [0.15, 0.2) is 16.3 Å². The highest BCUT2D eigenvalue weighted by molar-refractivity contribution is 7.98. The van der Waals surface area contributed by atoms with Crippen LogP contribution in [0.1, 0.15) is 5.56 Å². The molecule has 0 saturated heterocycles. The first-order valence-corrected chi connectivity index (χ1v) is 6.91. The quantitative estimate of drug-likeness (QED) is 0.431. The highest BCUT2D eigenvalue weighted by Gasteiger charge is 2.08. The molecule has 21 heavy (non-hydrogen) atoms. The van der Waals surface area contributed by atoms with E-state index >= 15 is 0 Å². The van der Waals surface area contributed by atoms with Crippen LogP contribution in [-0.4, -0.2) is 24.9 Å². The van der Waals surface area contributed by atoms with E-state index in [1.807, 2.05) is 0 Å². The maximum atomic E-state index is 11.5. The predicted molar refractivity (Wildman–Crippen MR) is 77.2 cm³/mol. The number of non-ortho nitro benzene ring substituents is 1. The molecule has 0 aliphatic carbocycles. The zero-order chi connectivity index (χ0) is 14.8. The van der Waals surface area contributed by atoms with E-state index in [0.717, 1.165) is 5.56 Å². The van der Waals surface area contributed by atoms with Crippen molar-refractivity contribution in [3.63, 3.8) is 0 Å². The van der Waals surface area contributed by atoms with E-state index in [2.05, 4.69) is 19.9 Å². The summed E-state index contributed by atoms with van der Waals surface area (Å²) in [5.41, 5.74) is 1.42. The maximum absolute atomic E-state index is 11.5. The number of H-pyrrole nitrogens is 2. The number of aromatic nitrogens is 4. The molecule has 0 atom stereocenters. The summed E-state index contributed by atoms with van der Waals surface area (Å²) in [7, 11) is 0. The highest BCUT2D eigenvalue weighted by Crippen LogP contribution is 2.22. The number of thioether (sulfide) groups is 1.